The fraction of sp³-hybridized carbons (Fsp3) is 1.00. The number of rotatable bonds is 2. The predicted octanol–water partition coefficient (Wildman–Crippen LogP) is 2.08. The Balaban J connectivity index is 3.67. The van der Waals surface area contributed by atoms with E-state index in [-0.39, 0.29) is 0 Å². The molecule has 62 valence electrons. The van der Waals surface area contributed by atoms with E-state index in [1.165, 1.54) is 0 Å². The number of alkyl halides is 3. The summed E-state index contributed by atoms with van der Waals surface area (Å²) < 4.78 is 12.3. The maximum atomic E-state index is 10.1. The predicted molar refractivity (Wildman–Crippen MR) is 39.7 cm³/mol. The number of hydrogen-bond donors (Lipinski definition) is 0. The SMILES string of the molecule is O=P([O-])(Cl)OCC(Cl)(Cl)Cl. The van der Waals surface area contributed by atoms with Crippen molar-refractivity contribution in [1.82, 2.24) is 0 Å². The van der Waals surface area contributed by atoms with E-state index in [1.54, 1.807) is 0 Å². The fourth-order valence-electron chi connectivity index (χ4n) is 0.150. The molecule has 8 heteroatoms. The second-order valence-corrected chi connectivity index (χ2v) is 6.20. The molecule has 0 amide bonds. The molecule has 0 fully saturated rings. The highest BCUT2D eigenvalue weighted by Gasteiger charge is 2.21. The molecule has 0 aliphatic rings. The molecule has 0 radical (unpaired) electrons. The van der Waals surface area contributed by atoms with Gasteiger partial charge in [0.15, 0.2) is 0 Å². The normalized spacial score (nSPS) is 18.5. The Morgan fingerprint density at radius 2 is 1.90 bits per heavy atom. The van der Waals surface area contributed by atoms with Gasteiger partial charge in [0.2, 0.25) is 10.7 Å². The minimum absolute atomic E-state index is 0.581. The van der Waals surface area contributed by atoms with Crippen LogP contribution in [0.1, 0.15) is 0 Å². The van der Waals surface area contributed by atoms with Crippen LogP contribution in [0.2, 0.25) is 0 Å². The zero-order valence-corrected chi connectivity index (χ0v) is 8.31. The lowest BCUT2D eigenvalue weighted by atomic mass is 10.9. The van der Waals surface area contributed by atoms with Crippen LogP contribution in [0.4, 0.5) is 0 Å². The minimum atomic E-state index is -4.29. The van der Waals surface area contributed by atoms with Gasteiger partial charge in [0.05, 0.1) is 0 Å². The zero-order chi connectivity index (χ0) is 8.41. The third-order valence-electron chi connectivity index (χ3n) is 0.382. The Morgan fingerprint density at radius 3 is 2.00 bits per heavy atom. The van der Waals surface area contributed by atoms with Crippen LogP contribution in [-0.4, -0.2) is 10.4 Å². The molecule has 0 aromatic rings. The van der Waals surface area contributed by atoms with Gasteiger partial charge < -0.3 is 9.42 Å². The lowest BCUT2D eigenvalue weighted by Gasteiger charge is -2.18. The van der Waals surface area contributed by atoms with Gasteiger partial charge in [-0.25, -0.2) is 0 Å². The lowest BCUT2D eigenvalue weighted by molar-refractivity contribution is -0.190. The highest BCUT2D eigenvalue weighted by molar-refractivity contribution is 7.79. The summed E-state index contributed by atoms with van der Waals surface area (Å²) in [5.41, 5.74) is 0. The summed E-state index contributed by atoms with van der Waals surface area (Å²) in [5.74, 6) is 0. The molecule has 1 unspecified atom stereocenters. The second-order valence-electron chi connectivity index (χ2n) is 1.32. The van der Waals surface area contributed by atoms with Crippen molar-refractivity contribution in [2.24, 2.45) is 0 Å². The van der Waals surface area contributed by atoms with Crippen LogP contribution >= 0.6 is 53.0 Å². The van der Waals surface area contributed by atoms with E-state index in [4.69, 9.17) is 34.8 Å². The molecule has 0 saturated carbocycles. The molecule has 0 saturated heterocycles. The third kappa shape index (κ3) is 9.31. The summed E-state index contributed by atoms with van der Waals surface area (Å²) in [4.78, 5) is 10.1. The van der Waals surface area contributed by atoms with Crippen LogP contribution in [0.5, 0.6) is 0 Å². The Hall–Kier alpha value is 1.31. The van der Waals surface area contributed by atoms with Crippen LogP contribution in [0.3, 0.4) is 0 Å². The van der Waals surface area contributed by atoms with Crippen molar-refractivity contribution < 1.29 is 14.0 Å². The molecule has 0 N–H and O–H groups in total. The van der Waals surface area contributed by atoms with Gasteiger partial charge in [-0.2, -0.15) is 0 Å². The molecule has 10 heavy (non-hydrogen) atoms. The molecule has 0 spiro atoms. The maximum Gasteiger partial charge on any atom is 0.225 e. The van der Waals surface area contributed by atoms with Crippen molar-refractivity contribution in [3.05, 3.63) is 0 Å². The quantitative estimate of drug-likeness (QED) is 0.554. The second kappa shape index (κ2) is 3.81. The average Bonchev–Trinajstić information content (AvgIpc) is 1.57. The van der Waals surface area contributed by atoms with E-state index in [1.807, 2.05) is 0 Å². The van der Waals surface area contributed by atoms with Crippen molar-refractivity contribution in [1.29, 1.82) is 0 Å². The smallest absolute Gasteiger partial charge is 0.225 e. The van der Waals surface area contributed by atoms with Gasteiger partial charge in [0.25, 0.3) is 0 Å². The molecule has 0 aromatic heterocycles. The van der Waals surface area contributed by atoms with Gasteiger partial charge in [-0.05, 0) is 11.2 Å². The zero-order valence-electron chi connectivity index (χ0n) is 4.39. The molecular formula is C2H2Cl4O3P-. The first-order valence-corrected chi connectivity index (χ1v) is 5.51. The van der Waals surface area contributed by atoms with Crippen molar-refractivity contribution in [3.8, 4) is 0 Å². The highest BCUT2D eigenvalue weighted by Crippen LogP contribution is 2.44. The first-order chi connectivity index (χ1) is 4.21. The lowest BCUT2D eigenvalue weighted by Crippen LogP contribution is -2.13. The largest absolute Gasteiger partial charge is 0.766 e. The van der Waals surface area contributed by atoms with Crippen LogP contribution in [-0.2, 0) is 9.09 Å². The van der Waals surface area contributed by atoms with Crippen molar-refractivity contribution >= 4 is 53.0 Å². The standard InChI is InChI=1S/C2H3Cl4O3P/c3-2(4,5)1-9-10(6,7)8/h1H2,(H,7,8)/p-1. The molecule has 3 nitrogen and oxygen atoms in total. The van der Waals surface area contributed by atoms with E-state index in [2.05, 4.69) is 15.8 Å². The molecule has 0 rings (SSSR count). The van der Waals surface area contributed by atoms with Gasteiger partial charge in [-0.1, -0.05) is 34.8 Å². The van der Waals surface area contributed by atoms with Crippen LogP contribution in [0.25, 0.3) is 0 Å². The fourth-order valence-corrected chi connectivity index (χ4v) is 1.04. The number of hydrogen-bond acceptors (Lipinski definition) is 3. The molecule has 0 aliphatic carbocycles. The van der Waals surface area contributed by atoms with Crippen LogP contribution in [0.15, 0.2) is 0 Å². The monoisotopic (exact) mass is 245 g/mol. The van der Waals surface area contributed by atoms with Crippen molar-refractivity contribution in [3.63, 3.8) is 0 Å². The Bertz CT molecular complexity index is 147. The molecule has 1 atom stereocenters. The first-order valence-electron chi connectivity index (χ1n) is 1.93. The summed E-state index contributed by atoms with van der Waals surface area (Å²) in [7, 11) is 0. The maximum absolute atomic E-state index is 10.1. The molecular weight excluding hydrogens is 245 g/mol. The van der Waals surface area contributed by atoms with E-state index in [0.29, 0.717) is 0 Å². The van der Waals surface area contributed by atoms with E-state index < -0.39 is 17.3 Å². The molecule has 0 aliphatic heterocycles. The summed E-state index contributed by atoms with van der Waals surface area (Å²) in [5, 5.41) is 0. The van der Waals surface area contributed by atoms with E-state index >= 15 is 0 Å². The summed E-state index contributed by atoms with van der Waals surface area (Å²) in [6.45, 7) is -4.87. The molecule has 0 bridgehead atoms. The van der Waals surface area contributed by atoms with Crippen LogP contribution < -0.4 is 4.89 Å². The summed E-state index contributed by atoms with van der Waals surface area (Å²) in [6, 6.07) is 0. The average molecular weight is 247 g/mol. The summed E-state index contributed by atoms with van der Waals surface area (Å²) >= 11 is 20.0. The Morgan fingerprint density at radius 1 is 1.50 bits per heavy atom. The topological polar surface area (TPSA) is 49.4 Å². The van der Waals surface area contributed by atoms with Gasteiger partial charge in [0, 0.05) is 0 Å². The van der Waals surface area contributed by atoms with Crippen molar-refractivity contribution in [2.45, 2.75) is 3.79 Å². The highest BCUT2D eigenvalue weighted by atomic mass is 35.7. The van der Waals surface area contributed by atoms with Gasteiger partial charge in [-0.3, -0.25) is 4.57 Å². The molecule has 0 aromatic carbocycles. The van der Waals surface area contributed by atoms with Crippen LogP contribution in [0, 0.1) is 0 Å². The minimum Gasteiger partial charge on any atom is -0.766 e. The van der Waals surface area contributed by atoms with Gasteiger partial charge in [-0.15, -0.1) is 0 Å². The van der Waals surface area contributed by atoms with E-state index in [0.717, 1.165) is 0 Å². The first kappa shape index (κ1) is 11.3. The molecule has 0 heterocycles. The third-order valence-corrected chi connectivity index (χ3v) is 1.44. The number of halogens is 4. The van der Waals surface area contributed by atoms with Crippen molar-refractivity contribution in [2.75, 3.05) is 6.61 Å². The Kier molecular flexibility index (Phi) is 4.31. The van der Waals surface area contributed by atoms with Gasteiger partial charge in [0.1, 0.15) is 6.61 Å². The van der Waals surface area contributed by atoms with E-state index in [9.17, 15) is 9.46 Å². The summed E-state index contributed by atoms with van der Waals surface area (Å²) in [6.07, 6.45) is 0. The Labute approximate surface area is 77.5 Å². The van der Waals surface area contributed by atoms with Gasteiger partial charge >= 0.3 is 0 Å².